The highest BCUT2D eigenvalue weighted by Crippen LogP contribution is 2.19. The maximum absolute atomic E-state index is 11.1. The molecule has 0 fully saturated rings. The van der Waals surface area contributed by atoms with Crippen molar-refractivity contribution in [3.8, 4) is 0 Å². The molecular formula is C19H28N4O2. The molecule has 0 saturated carbocycles. The summed E-state index contributed by atoms with van der Waals surface area (Å²) in [5.41, 5.74) is 5.59. The molecule has 2 aromatic rings. The first-order valence-electron chi connectivity index (χ1n) is 8.56. The van der Waals surface area contributed by atoms with Crippen molar-refractivity contribution >= 4 is 17.6 Å². The summed E-state index contributed by atoms with van der Waals surface area (Å²) in [6, 6.07) is 3.86. The Kier molecular flexibility index (Phi) is 5.98. The molecule has 2 rings (SSSR count). The molecule has 3 N–H and O–H groups in total. The maximum atomic E-state index is 11.1. The molecule has 2 heterocycles. The van der Waals surface area contributed by atoms with Crippen LogP contribution < -0.4 is 10.8 Å². The molecule has 0 atom stereocenters. The zero-order valence-electron chi connectivity index (χ0n) is 15.6. The third-order valence-electron chi connectivity index (χ3n) is 3.76. The SMILES string of the molecule is CC(C)Cc1nc2cc(/C=C/C(=O)NO)ccn2c1CNC(C)(C)C. The van der Waals surface area contributed by atoms with Crippen LogP contribution in [0.4, 0.5) is 0 Å². The Bertz CT molecular complexity index is 770. The zero-order valence-corrected chi connectivity index (χ0v) is 15.6. The summed E-state index contributed by atoms with van der Waals surface area (Å²) in [6.45, 7) is 11.6. The summed E-state index contributed by atoms with van der Waals surface area (Å²) in [5.74, 6) is -0.0373. The van der Waals surface area contributed by atoms with E-state index in [0.717, 1.165) is 29.9 Å². The highest BCUT2D eigenvalue weighted by molar-refractivity contribution is 5.90. The van der Waals surface area contributed by atoms with E-state index in [2.05, 4.69) is 44.3 Å². The van der Waals surface area contributed by atoms with Crippen molar-refractivity contribution in [3.63, 3.8) is 0 Å². The average Bonchev–Trinajstić information content (AvgIpc) is 2.85. The van der Waals surface area contributed by atoms with Crippen molar-refractivity contribution < 1.29 is 10.0 Å². The van der Waals surface area contributed by atoms with E-state index in [0.29, 0.717) is 5.92 Å². The molecule has 0 unspecified atom stereocenters. The maximum Gasteiger partial charge on any atom is 0.267 e. The summed E-state index contributed by atoms with van der Waals surface area (Å²) in [7, 11) is 0. The summed E-state index contributed by atoms with van der Waals surface area (Å²) < 4.78 is 2.10. The fraction of sp³-hybridized carbons (Fsp3) is 0.474. The van der Waals surface area contributed by atoms with Crippen LogP contribution in [0.25, 0.3) is 11.7 Å². The second kappa shape index (κ2) is 7.80. The number of hydrogen-bond donors (Lipinski definition) is 3. The van der Waals surface area contributed by atoms with E-state index in [-0.39, 0.29) is 5.54 Å². The van der Waals surface area contributed by atoms with Gasteiger partial charge in [0.05, 0.1) is 11.4 Å². The summed E-state index contributed by atoms with van der Waals surface area (Å²) in [5, 5.41) is 12.1. The molecule has 0 saturated heterocycles. The molecule has 0 aliphatic heterocycles. The smallest absolute Gasteiger partial charge is 0.267 e. The summed E-state index contributed by atoms with van der Waals surface area (Å²) >= 11 is 0. The molecule has 2 aromatic heterocycles. The number of aromatic nitrogens is 2. The third kappa shape index (κ3) is 5.41. The minimum Gasteiger partial charge on any atom is -0.306 e. The Morgan fingerprint density at radius 3 is 2.72 bits per heavy atom. The molecule has 0 aliphatic rings. The lowest BCUT2D eigenvalue weighted by Crippen LogP contribution is -2.35. The van der Waals surface area contributed by atoms with Crippen LogP contribution in [0.2, 0.25) is 0 Å². The van der Waals surface area contributed by atoms with Crippen LogP contribution >= 0.6 is 0 Å². The lowest BCUT2D eigenvalue weighted by atomic mass is 10.1. The van der Waals surface area contributed by atoms with E-state index >= 15 is 0 Å². The standard InChI is InChI=1S/C19H28N4O2/c1-13(2)10-15-16(12-20-19(3,4)5)23-9-8-14(11-17(23)21-15)6-7-18(24)22-25/h6-9,11,13,20,25H,10,12H2,1-5H3,(H,22,24)/b7-6+. The van der Waals surface area contributed by atoms with E-state index in [9.17, 15) is 4.79 Å². The number of amides is 1. The Hall–Kier alpha value is -2.18. The Morgan fingerprint density at radius 2 is 2.12 bits per heavy atom. The normalized spacial score (nSPS) is 12.4. The van der Waals surface area contributed by atoms with E-state index in [1.165, 1.54) is 11.8 Å². The first kappa shape index (κ1) is 19.1. The van der Waals surface area contributed by atoms with Gasteiger partial charge in [0.2, 0.25) is 0 Å². The Balaban J connectivity index is 2.39. The second-order valence-electron chi connectivity index (χ2n) is 7.70. The van der Waals surface area contributed by atoms with Crippen LogP contribution in [0.5, 0.6) is 0 Å². The van der Waals surface area contributed by atoms with Gasteiger partial charge in [0.1, 0.15) is 5.65 Å². The van der Waals surface area contributed by atoms with Gasteiger partial charge in [-0.2, -0.15) is 0 Å². The number of nitrogens with one attached hydrogen (secondary N) is 2. The van der Waals surface area contributed by atoms with Crippen LogP contribution in [0.15, 0.2) is 24.4 Å². The summed E-state index contributed by atoms with van der Waals surface area (Å²) in [6.07, 6.45) is 5.82. The van der Waals surface area contributed by atoms with Gasteiger partial charge >= 0.3 is 0 Å². The van der Waals surface area contributed by atoms with Crippen LogP contribution in [-0.4, -0.2) is 26.0 Å². The number of hydroxylamine groups is 1. The van der Waals surface area contributed by atoms with Crippen LogP contribution in [0.1, 0.15) is 51.6 Å². The Labute approximate surface area is 148 Å². The number of imidazole rings is 1. The molecule has 25 heavy (non-hydrogen) atoms. The number of nitrogens with zero attached hydrogens (tertiary/aromatic N) is 2. The molecule has 0 aromatic carbocycles. The first-order valence-corrected chi connectivity index (χ1v) is 8.56. The number of hydrogen-bond acceptors (Lipinski definition) is 4. The average molecular weight is 344 g/mol. The van der Waals surface area contributed by atoms with E-state index < -0.39 is 5.91 Å². The number of fused-ring (bicyclic) bond motifs is 1. The van der Waals surface area contributed by atoms with Gasteiger partial charge < -0.3 is 9.72 Å². The number of carbonyl (C=O) groups is 1. The largest absolute Gasteiger partial charge is 0.306 e. The monoisotopic (exact) mass is 344 g/mol. The molecule has 0 radical (unpaired) electrons. The zero-order chi connectivity index (χ0) is 18.6. The fourth-order valence-corrected chi connectivity index (χ4v) is 2.56. The first-order chi connectivity index (χ1) is 11.7. The highest BCUT2D eigenvalue weighted by atomic mass is 16.5. The Morgan fingerprint density at radius 1 is 1.40 bits per heavy atom. The lowest BCUT2D eigenvalue weighted by molar-refractivity contribution is -0.124. The second-order valence-corrected chi connectivity index (χ2v) is 7.70. The van der Waals surface area contributed by atoms with Crippen LogP contribution in [0, 0.1) is 5.92 Å². The number of rotatable bonds is 6. The molecule has 0 aliphatic carbocycles. The van der Waals surface area contributed by atoms with E-state index in [1.807, 2.05) is 18.3 Å². The van der Waals surface area contributed by atoms with Gasteiger partial charge in [-0.25, -0.2) is 10.5 Å². The highest BCUT2D eigenvalue weighted by Gasteiger charge is 2.16. The van der Waals surface area contributed by atoms with Crippen LogP contribution in [-0.2, 0) is 17.8 Å². The molecule has 0 spiro atoms. The van der Waals surface area contributed by atoms with E-state index in [1.54, 1.807) is 11.6 Å². The fourth-order valence-electron chi connectivity index (χ4n) is 2.56. The van der Waals surface area contributed by atoms with Crippen molar-refractivity contribution in [3.05, 3.63) is 41.4 Å². The van der Waals surface area contributed by atoms with E-state index in [4.69, 9.17) is 10.2 Å². The topological polar surface area (TPSA) is 78.7 Å². The van der Waals surface area contributed by atoms with Crippen molar-refractivity contribution in [1.82, 2.24) is 20.2 Å². The van der Waals surface area contributed by atoms with Crippen LogP contribution in [0.3, 0.4) is 0 Å². The minimum atomic E-state index is -0.557. The lowest BCUT2D eigenvalue weighted by Gasteiger charge is -2.21. The predicted molar refractivity (Wildman–Crippen MR) is 99.3 cm³/mol. The molecule has 1 amide bonds. The molecule has 6 nitrogen and oxygen atoms in total. The van der Waals surface area contributed by atoms with Gasteiger partial charge in [-0.1, -0.05) is 13.8 Å². The van der Waals surface area contributed by atoms with Gasteiger partial charge in [0.25, 0.3) is 5.91 Å². The third-order valence-corrected chi connectivity index (χ3v) is 3.76. The summed E-state index contributed by atoms with van der Waals surface area (Å²) in [4.78, 5) is 15.9. The molecule has 6 heteroatoms. The molecule has 0 bridgehead atoms. The van der Waals surface area contributed by atoms with Gasteiger partial charge in [-0.15, -0.1) is 0 Å². The van der Waals surface area contributed by atoms with Gasteiger partial charge in [-0.3, -0.25) is 10.0 Å². The number of pyridine rings is 1. The van der Waals surface area contributed by atoms with Crippen molar-refractivity contribution in [2.24, 2.45) is 5.92 Å². The molecule has 136 valence electrons. The molecular weight excluding hydrogens is 316 g/mol. The number of carbonyl (C=O) groups excluding carboxylic acids is 1. The van der Waals surface area contributed by atoms with Crippen molar-refractivity contribution in [1.29, 1.82) is 0 Å². The van der Waals surface area contributed by atoms with Gasteiger partial charge in [0.15, 0.2) is 0 Å². The minimum absolute atomic E-state index is 0.0274. The van der Waals surface area contributed by atoms with Crippen molar-refractivity contribution in [2.75, 3.05) is 0 Å². The van der Waals surface area contributed by atoms with Gasteiger partial charge in [-0.05, 0) is 56.9 Å². The predicted octanol–water partition coefficient (Wildman–Crippen LogP) is 2.94. The van der Waals surface area contributed by atoms with Gasteiger partial charge in [0, 0.05) is 24.4 Å². The van der Waals surface area contributed by atoms with Crippen molar-refractivity contribution in [2.45, 2.75) is 53.1 Å². The quantitative estimate of drug-likeness (QED) is 0.428.